The number of nitrogens with one attached hydrogen (secondary N) is 1. The summed E-state index contributed by atoms with van der Waals surface area (Å²) in [6.45, 7) is 2.10. The number of rotatable bonds is 6. The maximum Gasteiger partial charge on any atom is 0.306 e. The summed E-state index contributed by atoms with van der Waals surface area (Å²) in [6.07, 6.45) is 3.25. The van der Waals surface area contributed by atoms with Crippen molar-refractivity contribution >= 4 is 17.6 Å². The molecule has 0 bridgehead atoms. The number of benzene rings is 1. The number of carboxylic acid groups (broad SMARTS) is 1. The Balaban J connectivity index is 1.91. The molecule has 1 fully saturated rings. The van der Waals surface area contributed by atoms with E-state index in [2.05, 4.69) is 12.2 Å². The van der Waals surface area contributed by atoms with Gasteiger partial charge in [0.2, 0.25) is 0 Å². The average molecular weight is 326 g/mol. The molecule has 1 aromatic rings. The topological polar surface area (TPSA) is 58.6 Å². The van der Waals surface area contributed by atoms with E-state index in [0.717, 1.165) is 31.2 Å². The fourth-order valence-electron chi connectivity index (χ4n) is 3.25. The van der Waals surface area contributed by atoms with Crippen LogP contribution in [-0.2, 0) is 9.53 Å². The molecule has 0 heterocycles. The lowest BCUT2D eigenvalue weighted by atomic mass is 9.85. The normalized spacial score (nSPS) is 24.7. The van der Waals surface area contributed by atoms with Crippen LogP contribution in [0.5, 0.6) is 0 Å². The van der Waals surface area contributed by atoms with E-state index in [1.54, 1.807) is 7.11 Å². The summed E-state index contributed by atoms with van der Waals surface area (Å²) in [7, 11) is 1.71. The molecule has 0 aliphatic heterocycles. The molecule has 22 heavy (non-hydrogen) atoms. The highest BCUT2D eigenvalue weighted by Gasteiger charge is 2.28. The van der Waals surface area contributed by atoms with Crippen molar-refractivity contribution in [3.63, 3.8) is 0 Å². The van der Waals surface area contributed by atoms with Crippen molar-refractivity contribution in [3.05, 3.63) is 34.9 Å². The highest BCUT2D eigenvalue weighted by Crippen LogP contribution is 2.27. The molecule has 1 aliphatic carbocycles. The predicted octanol–water partition coefficient (Wildman–Crippen LogP) is 3.65. The molecule has 0 radical (unpaired) electrons. The van der Waals surface area contributed by atoms with Gasteiger partial charge in [-0.05, 0) is 50.3 Å². The molecule has 2 unspecified atom stereocenters. The second-order valence-corrected chi connectivity index (χ2v) is 6.49. The van der Waals surface area contributed by atoms with Crippen LogP contribution in [0.3, 0.4) is 0 Å². The van der Waals surface area contributed by atoms with Crippen LogP contribution in [0.25, 0.3) is 0 Å². The van der Waals surface area contributed by atoms with Gasteiger partial charge in [-0.1, -0.05) is 23.7 Å². The second kappa shape index (κ2) is 7.95. The molecule has 5 heteroatoms. The minimum absolute atomic E-state index is 0.0468. The first-order chi connectivity index (χ1) is 10.5. The van der Waals surface area contributed by atoms with Crippen LogP contribution in [0.15, 0.2) is 24.3 Å². The van der Waals surface area contributed by atoms with Crippen LogP contribution >= 0.6 is 11.6 Å². The van der Waals surface area contributed by atoms with Crippen LogP contribution in [-0.4, -0.2) is 30.3 Å². The second-order valence-electron chi connectivity index (χ2n) is 6.05. The number of hydrogen-bond acceptors (Lipinski definition) is 3. The Morgan fingerprint density at radius 2 is 1.86 bits per heavy atom. The van der Waals surface area contributed by atoms with Gasteiger partial charge in [0.25, 0.3) is 0 Å². The van der Waals surface area contributed by atoms with Crippen LogP contribution in [0, 0.1) is 5.92 Å². The van der Waals surface area contributed by atoms with Gasteiger partial charge in [-0.25, -0.2) is 0 Å². The van der Waals surface area contributed by atoms with Crippen LogP contribution in [0.2, 0.25) is 5.02 Å². The number of aliphatic carboxylic acids is 1. The Hall–Kier alpha value is -1.10. The number of carbonyl (C=O) groups is 1. The van der Waals surface area contributed by atoms with E-state index in [4.69, 9.17) is 21.4 Å². The zero-order chi connectivity index (χ0) is 16.1. The van der Waals surface area contributed by atoms with Gasteiger partial charge in [0.1, 0.15) is 0 Å². The fourth-order valence-corrected chi connectivity index (χ4v) is 3.37. The van der Waals surface area contributed by atoms with Gasteiger partial charge in [0.15, 0.2) is 0 Å². The van der Waals surface area contributed by atoms with Crippen LogP contribution in [0.1, 0.15) is 44.3 Å². The standard InChI is InChI=1S/C17H24ClNO3/c1-11(16(22-2)12-3-7-14(18)8-4-12)19-15-9-5-13(6-10-15)17(20)21/h3-4,7-8,11,13,15-16,19H,5-6,9-10H2,1-2H3,(H,20,21). The Kier molecular flexibility index (Phi) is 6.24. The van der Waals surface area contributed by atoms with E-state index in [1.807, 2.05) is 24.3 Å². The maximum atomic E-state index is 11.0. The largest absolute Gasteiger partial charge is 0.481 e. The van der Waals surface area contributed by atoms with E-state index in [0.29, 0.717) is 11.1 Å². The third-order valence-corrected chi connectivity index (χ3v) is 4.73. The van der Waals surface area contributed by atoms with Crippen molar-refractivity contribution in [2.24, 2.45) is 5.92 Å². The quantitative estimate of drug-likeness (QED) is 0.838. The molecule has 2 atom stereocenters. The third-order valence-electron chi connectivity index (χ3n) is 4.48. The van der Waals surface area contributed by atoms with E-state index in [1.165, 1.54) is 0 Å². The summed E-state index contributed by atoms with van der Waals surface area (Å²) >= 11 is 5.93. The predicted molar refractivity (Wildman–Crippen MR) is 87.2 cm³/mol. The van der Waals surface area contributed by atoms with Crippen molar-refractivity contribution in [2.75, 3.05) is 7.11 Å². The summed E-state index contributed by atoms with van der Waals surface area (Å²) in [5, 5.41) is 13.4. The van der Waals surface area contributed by atoms with Crippen molar-refractivity contribution in [1.82, 2.24) is 5.32 Å². The Bertz CT molecular complexity index is 483. The monoisotopic (exact) mass is 325 g/mol. The molecule has 0 aromatic heterocycles. The average Bonchev–Trinajstić information content (AvgIpc) is 2.50. The molecule has 0 saturated heterocycles. The smallest absolute Gasteiger partial charge is 0.306 e. The van der Waals surface area contributed by atoms with Crippen molar-refractivity contribution in [3.8, 4) is 0 Å². The SMILES string of the molecule is COC(c1ccc(Cl)cc1)C(C)NC1CCC(C(=O)O)CC1. The van der Waals surface area contributed by atoms with Crippen molar-refractivity contribution in [2.45, 2.75) is 50.8 Å². The van der Waals surface area contributed by atoms with E-state index in [9.17, 15) is 4.79 Å². The first kappa shape index (κ1) is 17.3. The summed E-state index contributed by atoms with van der Waals surface area (Å²) in [5.74, 6) is -0.842. The molecule has 1 aliphatic rings. The molecular weight excluding hydrogens is 302 g/mol. The zero-order valence-corrected chi connectivity index (χ0v) is 13.8. The van der Waals surface area contributed by atoms with Gasteiger partial charge in [0, 0.05) is 24.2 Å². The van der Waals surface area contributed by atoms with Gasteiger partial charge in [-0.2, -0.15) is 0 Å². The summed E-state index contributed by atoms with van der Waals surface area (Å²) < 4.78 is 5.64. The highest BCUT2D eigenvalue weighted by molar-refractivity contribution is 6.30. The number of hydrogen-bond donors (Lipinski definition) is 2. The zero-order valence-electron chi connectivity index (χ0n) is 13.1. The maximum absolute atomic E-state index is 11.0. The van der Waals surface area contributed by atoms with Crippen LogP contribution < -0.4 is 5.32 Å². The Morgan fingerprint density at radius 3 is 2.36 bits per heavy atom. The minimum atomic E-state index is -0.664. The molecule has 2 rings (SSSR count). The summed E-state index contributed by atoms with van der Waals surface area (Å²) in [6, 6.07) is 8.21. The van der Waals surface area contributed by atoms with Crippen molar-refractivity contribution in [1.29, 1.82) is 0 Å². The lowest BCUT2D eigenvalue weighted by Gasteiger charge is -2.32. The van der Waals surface area contributed by atoms with E-state index >= 15 is 0 Å². The fraction of sp³-hybridized carbons (Fsp3) is 0.588. The number of carboxylic acids is 1. The molecule has 0 spiro atoms. The Labute approximate surface area is 136 Å². The molecule has 1 saturated carbocycles. The van der Waals surface area contributed by atoms with E-state index in [-0.39, 0.29) is 18.1 Å². The first-order valence-electron chi connectivity index (χ1n) is 7.78. The molecule has 122 valence electrons. The molecule has 0 amide bonds. The van der Waals surface area contributed by atoms with Gasteiger partial charge in [-0.3, -0.25) is 4.79 Å². The van der Waals surface area contributed by atoms with Crippen LogP contribution in [0.4, 0.5) is 0 Å². The molecular formula is C17H24ClNO3. The lowest BCUT2D eigenvalue weighted by Crippen LogP contribution is -2.43. The summed E-state index contributed by atoms with van der Waals surface area (Å²) in [4.78, 5) is 11.0. The molecule has 2 N–H and O–H groups in total. The van der Waals surface area contributed by atoms with Gasteiger partial charge in [-0.15, -0.1) is 0 Å². The number of halogens is 1. The van der Waals surface area contributed by atoms with Gasteiger partial charge >= 0.3 is 5.97 Å². The minimum Gasteiger partial charge on any atom is -0.481 e. The highest BCUT2D eigenvalue weighted by atomic mass is 35.5. The summed E-state index contributed by atoms with van der Waals surface area (Å²) in [5.41, 5.74) is 1.09. The third kappa shape index (κ3) is 4.45. The lowest BCUT2D eigenvalue weighted by molar-refractivity contribution is -0.142. The number of ether oxygens (including phenoxy) is 1. The van der Waals surface area contributed by atoms with Gasteiger partial charge in [0.05, 0.1) is 12.0 Å². The van der Waals surface area contributed by atoms with Gasteiger partial charge < -0.3 is 15.2 Å². The Morgan fingerprint density at radius 1 is 1.27 bits per heavy atom. The van der Waals surface area contributed by atoms with E-state index < -0.39 is 5.97 Å². The first-order valence-corrected chi connectivity index (χ1v) is 8.16. The molecule has 1 aromatic carbocycles. The molecule has 4 nitrogen and oxygen atoms in total. The van der Waals surface area contributed by atoms with Crippen molar-refractivity contribution < 1.29 is 14.6 Å². The number of methoxy groups -OCH3 is 1.